The fraction of sp³-hybridized carbons (Fsp3) is 0.200. The van der Waals surface area contributed by atoms with Crippen LogP contribution in [0, 0.1) is 0 Å². The lowest BCUT2D eigenvalue weighted by Crippen LogP contribution is -2.47. The molecule has 3 heterocycles. The molecule has 0 unspecified atom stereocenters. The standard InChI is InChI=1S/C25H24N6O2S/c32-24(26-19-13-15-30(16-14-19)25(33)27-18-8-3-1-4-9-18)22-28-23(21-12-7-17-34-21)31(29-22)20-10-5-2-6-11-20/h1-12,17,19H,13-16H2,(H,26,32)(H,27,33). The molecule has 172 valence electrons. The lowest BCUT2D eigenvalue weighted by Gasteiger charge is -2.32. The SMILES string of the molecule is O=C(NC1CCN(C(=O)Nc2ccccc2)CC1)c1nc(-c2cccs2)n(-c2ccccc2)n1. The van der Waals surface area contributed by atoms with Gasteiger partial charge in [-0.2, -0.15) is 0 Å². The van der Waals surface area contributed by atoms with E-state index >= 15 is 0 Å². The molecule has 0 aliphatic carbocycles. The average molecular weight is 473 g/mol. The molecule has 2 N–H and O–H groups in total. The molecule has 0 bridgehead atoms. The molecule has 34 heavy (non-hydrogen) atoms. The number of carbonyl (C=O) groups excluding carboxylic acids is 2. The number of aromatic nitrogens is 3. The quantitative estimate of drug-likeness (QED) is 0.450. The molecule has 4 aromatic rings. The zero-order valence-electron chi connectivity index (χ0n) is 18.4. The fourth-order valence-corrected chi connectivity index (χ4v) is 4.62. The Morgan fingerprint density at radius 3 is 2.29 bits per heavy atom. The number of benzene rings is 2. The maximum atomic E-state index is 13.0. The molecular weight excluding hydrogens is 448 g/mol. The number of hydrogen-bond donors (Lipinski definition) is 2. The number of amides is 3. The van der Waals surface area contributed by atoms with Gasteiger partial charge in [0.05, 0.1) is 10.6 Å². The van der Waals surface area contributed by atoms with Crippen LogP contribution in [0.15, 0.2) is 78.2 Å². The molecular formula is C25H24N6O2S. The highest BCUT2D eigenvalue weighted by Gasteiger charge is 2.26. The van der Waals surface area contributed by atoms with Crippen LogP contribution in [-0.2, 0) is 0 Å². The van der Waals surface area contributed by atoms with Crippen molar-refractivity contribution in [1.82, 2.24) is 25.0 Å². The first kappa shape index (κ1) is 21.8. The van der Waals surface area contributed by atoms with Crippen molar-refractivity contribution in [2.75, 3.05) is 18.4 Å². The molecule has 5 rings (SSSR count). The normalized spacial score (nSPS) is 14.1. The predicted molar refractivity (Wildman–Crippen MR) is 132 cm³/mol. The second kappa shape index (κ2) is 9.88. The minimum absolute atomic E-state index is 0.0397. The number of carbonyl (C=O) groups is 2. The maximum absolute atomic E-state index is 13.0. The Kier molecular flexibility index (Phi) is 6.35. The van der Waals surface area contributed by atoms with Crippen molar-refractivity contribution < 1.29 is 9.59 Å². The van der Waals surface area contributed by atoms with Crippen LogP contribution in [0.4, 0.5) is 10.5 Å². The third kappa shape index (κ3) is 4.84. The molecule has 1 aliphatic heterocycles. The van der Waals surface area contributed by atoms with Crippen LogP contribution in [0.5, 0.6) is 0 Å². The van der Waals surface area contributed by atoms with Gasteiger partial charge in [0.1, 0.15) is 0 Å². The number of para-hydroxylation sites is 2. The summed E-state index contributed by atoms with van der Waals surface area (Å²) in [6.45, 7) is 1.13. The Bertz CT molecular complexity index is 1250. The van der Waals surface area contributed by atoms with Gasteiger partial charge >= 0.3 is 6.03 Å². The van der Waals surface area contributed by atoms with Crippen LogP contribution in [0.1, 0.15) is 23.5 Å². The second-order valence-electron chi connectivity index (χ2n) is 8.01. The largest absolute Gasteiger partial charge is 0.346 e. The summed E-state index contributed by atoms with van der Waals surface area (Å²) in [5.41, 5.74) is 1.61. The van der Waals surface area contributed by atoms with E-state index in [-0.39, 0.29) is 23.8 Å². The van der Waals surface area contributed by atoms with Gasteiger partial charge in [-0.25, -0.2) is 14.5 Å². The smallest absolute Gasteiger partial charge is 0.321 e. The molecule has 9 heteroatoms. The van der Waals surface area contributed by atoms with Gasteiger partial charge in [-0.3, -0.25) is 4.79 Å². The van der Waals surface area contributed by atoms with Gasteiger partial charge in [0.15, 0.2) is 5.82 Å². The minimum Gasteiger partial charge on any atom is -0.346 e. The molecule has 0 spiro atoms. The Hall–Kier alpha value is -3.98. The van der Waals surface area contributed by atoms with E-state index in [1.165, 1.54) is 0 Å². The van der Waals surface area contributed by atoms with Crippen molar-refractivity contribution >= 4 is 29.0 Å². The van der Waals surface area contributed by atoms with E-state index in [1.807, 2.05) is 78.2 Å². The molecule has 1 fully saturated rings. The Morgan fingerprint density at radius 2 is 1.62 bits per heavy atom. The predicted octanol–water partition coefficient (Wildman–Crippen LogP) is 4.42. The van der Waals surface area contributed by atoms with Gasteiger partial charge < -0.3 is 15.5 Å². The Labute approximate surface area is 201 Å². The van der Waals surface area contributed by atoms with E-state index in [9.17, 15) is 9.59 Å². The molecule has 1 aliphatic rings. The van der Waals surface area contributed by atoms with Crippen molar-refractivity contribution in [1.29, 1.82) is 0 Å². The average Bonchev–Trinajstić information content (AvgIpc) is 3.56. The summed E-state index contributed by atoms with van der Waals surface area (Å²) in [4.78, 5) is 32.8. The van der Waals surface area contributed by atoms with Crippen molar-refractivity contribution in [2.24, 2.45) is 0 Å². The lowest BCUT2D eigenvalue weighted by atomic mass is 10.1. The number of likely N-dealkylation sites (tertiary alicyclic amines) is 1. The van der Waals surface area contributed by atoms with E-state index in [4.69, 9.17) is 0 Å². The van der Waals surface area contributed by atoms with Crippen molar-refractivity contribution in [3.05, 3.63) is 84.0 Å². The highest BCUT2D eigenvalue weighted by molar-refractivity contribution is 7.13. The van der Waals surface area contributed by atoms with E-state index in [0.29, 0.717) is 31.8 Å². The van der Waals surface area contributed by atoms with Crippen molar-refractivity contribution in [3.8, 4) is 16.4 Å². The molecule has 0 radical (unpaired) electrons. The monoisotopic (exact) mass is 472 g/mol. The van der Waals surface area contributed by atoms with E-state index in [2.05, 4.69) is 20.7 Å². The maximum Gasteiger partial charge on any atom is 0.321 e. The lowest BCUT2D eigenvalue weighted by molar-refractivity contribution is 0.0909. The van der Waals surface area contributed by atoms with Crippen LogP contribution in [0.3, 0.4) is 0 Å². The van der Waals surface area contributed by atoms with E-state index in [1.54, 1.807) is 20.9 Å². The summed E-state index contributed by atoms with van der Waals surface area (Å²) in [7, 11) is 0. The molecule has 8 nitrogen and oxygen atoms in total. The summed E-state index contributed by atoms with van der Waals surface area (Å²) >= 11 is 1.55. The van der Waals surface area contributed by atoms with Crippen molar-refractivity contribution in [2.45, 2.75) is 18.9 Å². The van der Waals surface area contributed by atoms with Gasteiger partial charge in [0.25, 0.3) is 5.91 Å². The highest BCUT2D eigenvalue weighted by Crippen LogP contribution is 2.25. The first-order chi connectivity index (χ1) is 16.7. The van der Waals surface area contributed by atoms with Crippen LogP contribution < -0.4 is 10.6 Å². The summed E-state index contributed by atoms with van der Waals surface area (Å²) in [5.74, 6) is 0.468. The van der Waals surface area contributed by atoms with Crippen LogP contribution >= 0.6 is 11.3 Å². The molecule has 2 aromatic heterocycles. The highest BCUT2D eigenvalue weighted by atomic mass is 32.1. The van der Waals surface area contributed by atoms with Gasteiger partial charge in [0, 0.05) is 24.8 Å². The third-order valence-corrected chi connectivity index (χ3v) is 6.56. The number of nitrogens with zero attached hydrogens (tertiary/aromatic N) is 4. The second-order valence-corrected chi connectivity index (χ2v) is 8.96. The van der Waals surface area contributed by atoms with Gasteiger partial charge in [-0.15, -0.1) is 16.4 Å². The van der Waals surface area contributed by atoms with Gasteiger partial charge in [0.2, 0.25) is 5.82 Å². The molecule has 1 saturated heterocycles. The first-order valence-corrected chi connectivity index (χ1v) is 12.0. The summed E-state index contributed by atoms with van der Waals surface area (Å²) in [6.07, 6.45) is 1.34. The molecule has 2 aromatic carbocycles. The number of nitrogens with one attached hydrogen (secondary N) is 2. The molecule has 0 saturated carbocycles. The van der Waals surface area contributed by atoms with Crippen LogP contribution in [0.25, 0.3) is 16.4 Å². The summed E-state index contributed by atoms with van der Waals surface area (Å²) in [6, 6.07) is 22.8. The Morgan fingerprint density at radius 1 is 0.912 bits per heavy atom. The van der Waals surface area contributed by atoms with Crippen LogP contribution in [-0.4, -0.2) is 50.7 Å². The topological polar surface area (TPSA) is 92.2 Å². The molecule has 0 atom stereocenters. The zero-order valence-corrected chi connectivity index (χ0v) is 19.2. The van der Waals surface area contributed by atoms with E-state index < -0.39 is 0 Å². The number of hydrogen-bond acceptors (Lipinski definition) is 5. The number of rotatable bonds is 5. The number of anilines is 1. The van der Waals surface area contributed by atoms with Gasteiger partial charge in [-0.05, 0) is 48.6 Å². The summed E-state index contributed by atoms with van der Waals surface area (Å²) in [5, 5.41) is 12.4. The Balaban J connectivity index is 1.23. The number of urea groups is 1. The number of thiophene rings is 1. The first-order valence-electron chi connectivity index (χ1n) is 11.2. The number of piperidine rings is 1. The minimum atomic E-state index is -0.306. The van der Waals surface area contributed by atoms with E-state index in [0.717, 1.165) is 16.3 Å². The van der Waals surface area contributed by atoms with Crippen molar-refractivity contribution in [3.63, 3.8) is 0 Å². The zero-order chi connectivity index (χ0) is 23.3. The third-order valence-electron chi connectivity index (χ3n) is 5.70. The molecule has 3 amide bonds. The van der Waals surface area contributed by atoms with Gasteiger partial charge in [-0.1, -0.05) is 42.5 Å². The fourth-order valence-electron chi connectivity index (χ4n) is 3.92. The van der Waals surface area contributed by atoms with Crippen LogP contribution in [0.2, 0.25) is 0 Å². The summed E-state index contributed by atoms with van der Waals surface area (Å²) < 4.78 is 1.71.